The molecule has 0 aromatic rings. The van der Waals surface area contributed by atoms with E-state index < -0.39 is 24.8 Å². The molecule has 1 amide bonds. The minimum Gasteiger partial charge on any atom is -0.349 e. The summed E-state index contributed by atoms with van der Waals surface area (Å²) in [5.74, 6) is -4.85. The van der Waals surface area contributed by atoms with Crippen LogP contribution in [0.25, 0.3) is 0 Å². The van der Waals surface area contributed by atoms with Gasteiger partial charge < -0.3 is 10.6 Å². The van der Waals surface area contributed by atoms with E-state index in [1.54, 1.807) is 5.32 Å². The summed E-state index contributed by atoms with van der Waals surface area (Å²) in [5.41, 5.74) is 0. The van der Waals surface area contributed by atoms with Gasteiger partial charge in [0.15, 0.2) is 0 Å². The number of amides is 1. The molecule has 0 unspecified atom stereocenters. The average Bonchev–Trinajstić information content (AvgIpc) is 2.94. The predicted octanol–water partition coefficient (Wildman–Crippen LogP) is 0.755. The lowest BCUT2D eigenvalue weighted by atomic mass is 10.3. The lowest BCUT2D eigenvalue weighted by molar-refractivity contribution is -0.136. The number of hydrogen-bond donors (Lipinski definition) is 2. The third kappa shape index (κ3) is 4.46. The van der Waals surface area contributed by atoms with Gasteiger partial charge in [-0.25, -0.2) is 8.78 Å². The van der Waals surface area contributed by atoms with Crippen molar-refractivity contribution in [2.24, 2.45) is 0 Å². The fourth-order valence-corrected chi connectivity index (χ4v) is 0.881. The van der Waals surface area contributed by atoms with E-state index in [-0.39, 0.29) is 12.6 Å². The van der Waals surface area contributed by atoms with Gasteiger partial charge in [-0.1, -0.05) is 0 Å². The first-order chi connectivity index (χ1) is 6.92. The van der Waals surface area contributed by atoms with E-state index in [1.165, 1.54) is 0 Å². The molecule has 2 N–H and O–H groups in total. The van der Waals surface area contributed by atoms with Crippen LogP contribution in [-0.4, -0.2) is 37.4 Å². The van der Waals surface area contributed by atoms with Crippen molar-refractivity contribution in [3.8, 4) is 0 Å². The summed E-state index contributed by atoms with van der Waals surface area (Å²) in [4.78, 5) is 10.9. The minimum absolute atomic E-state index is 0.107. The molecule has 0 aliphatic heterocycles. The van der Waals surface area contributed by atoms with E-state index in [2.05, 4.69) is 5.32 Å². The van der Waals surface area contributed by atoms with Crippen LogP contribution in [0, 0.1) is 0 Å². The number of alkyl halides is 4. The zero-order chi connectivity index (χ0) is 11.5. The molecule has 3 nitrogen and oxygen atoms in total. The molecule has 0 saturated heterocycles. The van der Waals surface area contributed by atoms with Gasteiger partial charge in [0.2, 0.25) is 5.91 Å². The number of halogens is 4. The Hall–Kier alpha value is -0.850. The van der Waals surface area contributed by atoms with E-state index in [4.69, 9.17) is 0 Å². The van der Waals surface area contributed by atoms with Gasteiger partial charge in [0.05, 0.1) is 13.1 Å². The average molecular weight is 228 g/mol. The predicted molar refractivity (Wildman–Crippen MR) is 45.0 cm³/mol. The SMILES string of the molecule is O=C(CNC1CC1)NCC(F)(F)C(F)F. The molecular formula is C8H12F4N2O. The van der Waals surface area contributed by atoms with E-state index in [1.807, 2.05) is 0 Å². The Kier molecular flexibility index (Phi) is 3.90. The molecule has 0 bridgehead atoms. The highest BCUT2D eigenvalue weighted by Gasteiger charge is 2.40. The van der Waals surface area contributed by atoms with Crippen molar-refractivity contribution < 1.29 is 22.4 Å². The zero-order valence-electron chi connectivity index (χ0n) is 7.90. The molecule has 0 heterocycles. The molecule has 1 aliphatic rings. The summed E-state index contributed by atoms with van der Waals surface area (Å²) in [6, 6.07) is 0.270. The second kappa shape index (κ2) is 4.78. The first-order valence-electron chi connectivity index (χ1n) is 4.58. The molecule has 0 spiro atoms. The van der Waals surface area contributed by atoms with Crippen molar-refractivity contribution >= 4 is 5.91 Å². The number of carbonyl (C=O) groups excluding carboxylic acids is 1. The Labute approximate surface area is 84.2 Å². The number of nitrogens with one attached hydrogen (secondary N) is 2. The summed E-state index contributed by atoms with van der Waals surface area (Å²) in [5, 5.41) is 4.53. The van der Waals surface area contributed by atoms with Crippen molar-refractivity contribution in [3.63, 3.8) is 0 Å². The molecule has 88 valence electrons. The van der Waals surface area contributed by atoms with Crippen molar-refractivity contribution in [3.05, 3.63) is 0 Å². The zero-order valence-corrected chi connectivity index (χ0v) is 7.90. The van der Waals surface area contributed by atoms with Gasteiger partial charge in [0.1, 0.15) is 0 Å². The van der Waals surface area contributed by atoms with Crippen LogP contribution in [0.3, 0.4) is 0 Å². The van der Waals surface area contributed by atoms with E-state index in [9.17, 15) is 22.4 Å². The van der Waals surface area contributed by atoms with E-state index in [0.29, 0.717) is 0 Å². The highest BCUT2D eigenvalue weighted by atomic mass is 19.3. The third-order valence-electron chi connectivity index (χ3n) is 1.97. The maximum Gasteiger partial charge on any atom is 0.324 e. The smallest absolute Gasteiger partial charge is 0.324 e. The highest BCUT2D eigenvalue weighted by Crippen LogP contribution is 2.21. The summed E-state index contributed by atoms with van der Waals surface area (Å²) in [7, 11) is 0. The van der Waals surface area contributed by atoms with Crippen LogP contribution in [-0.2, 0) is 4.79 Å². The van der Waals surface area contributed by atoms with Crippen LogP contribution < -0.4 is 10.6 Å². The molecule has 1 aliphatic carbocycles. The highest BCUT2D eigenvalue weighted by molar-refractivity contribution is 5.78. The minimum atomic E-state index is -4.16. The van der Waals surface area contributed by atoms with Gasteiger partial charge in [0, 0.05) is 6.04 Å². The summed E-state index contributed by atoms with van der Waals surface area (Å²) < 4.78 is 48.0. The Morgan fingerprint density at radius 3 is 2.47 bits per heavy atom. The van der Waals surface area contributed by atoms with Crippen molar-refractivity contribution in [2.45, 2.75) is 31.2 Å². The van der Waals surface area contributed by atoms with Gasteiger partial charge in [-0.05, 0) is 12.8 Å². The topological polar surface area (TPSA) is 41.1 Å². The Morgan fingerprint density at radius 2 is 2.00 bits per heavy atom. The van der Waals surface area contributed by atoms with Crippen molar-refractivity contribution in [1.82, 2.24) is 10.6 Å². The maximum absolute atomic E-state index is 12.3. The van der Waals surface area contributed by atoms with Crippen LogP contribution in [0.5, 0.6) is 0 Å². The fraction of sp³-hybridized carbons (Fsp3) is 0.875. The molecule has 15 heavy (non-hydrogen) atoms. The standard InChI is InChI=1S/C8H12F4N2O/c9-7(10)8(11,12)4-14-6(15)3-13-5-1-2-5/h5,7,13H,1-4H2,(H,14,15). The van der Waals surface area contributed by atoms with Crippen LogP contribution >= 0.6 is 0 Å². The molecule has 1 saturated carbocycles. The molecule has 0 radical (unpaired) electrons. The van der Waals surface area contributed by atoms with E-state index >= 15 is 0 Å². The van der Waals surface area contributed by atoms with Crippen molar-refractivity contribution in [1.29, 1.82) is 0 Å². The number of rotatable bonds is 6. The molecule has 1 rings (SSSR count). The molecule has 7 heteroatoms. The van der Waals surface area contributed by atoms with Gasteiger partial charge in [-0.2, -0.15) is 8.78 Å². The monoisotopic (exact) mass is 228 g/mol. The third-order valence-corrected chi connectivity index (χ3v) is 1.97. The second-order valence-corrected chi connectivity index (χ2v) is 3.49. The van der Waals surface area contributed by atoms with Gasteiger partial charge >= 0.3 is 12.3 Å². The second-order valence-electron chi connectivity index (χ2n) is 3.49. The molecular weight excluding hydrogens is 216 g/mol. The van der Waals surface area contributed by atoms with Gasteiger partial charge in [0.25, 0.3) is 0 Å². The Morgan fingerprint density at radius 1 is 1.40 bits per heavy atom. The van der Waals surface area contributed by atoms with Crippen LogP contribution in [0.4, 0.5) is 17.6 Å². The van der Waals surface area contributed by atoms with Crippen LogP contribution in [0.1, 0.15) is 12.8 Å². The normalized spacial score (nSPS) is 16.9. The first kappa shape index (κ1) is 12.2. The first-order valence-corrected chi connectivity index (χ1v) is 4.58. The van der Waals surface area contributed by atoms with Crippen LogP contribution in [0.15, 0.2) is 0 Å². The van der Waals surface area contributed by atoms with Gasteiger partial charge in [-0.15, -0.1) is 0 Å². The Bertz CT molecular complexity index is 231. The molecule has 1 fully saturated rings. The number of carbonyl (C=O) groups is 1. The van der Waals surface area contributed by atoms with E-state index in [0.717, 1.165) is 12.8 Å². The number of hydrogen-bond acceptors (Lipinski definition) is 2. The molecule has 0 aromatic heterocycles. The maximum atomic E-state index is 12.3. The Balaban J connectivity index is 2.14. The summed E-state index contributed by atoms with van der Waals surface area (Å²) in [6.45, 7) is -1.43. The summed E-state index contributed by atoms with van der Waals surface area (Å²) >= 11 is 0. The lowest BCUT2D eigenvalue weighted by Gasteiger charge is -2.15. The molecule has 0 aromatic carbocycles. The quantitative estimate of drug-likeness (QED) is 0.659. The molecule has 0 atom stereocenters. The largest absolute Gasteiger partial charge is 0.349 e. The van der Waals surface area contributed by atoms with Crippen molar-refractivity contribution in [2.75, 3.05) is 13.1 Å². The van der Waals surface area contributed by atoms with Crippen LogP contribution in [0.2, 0.25) is 0 Å². The van der Waals surface area contributed by atoms with Gasteiger partial charge in [-0.3, -0.25) is 4.79 Å². The summed E-state index contributed by atoms with van der Waals surface area (Å²) in [6.07, 6.45) is -1.84. The fourth-order valence-electron chi connectivity index (χ4n) is 0.881. The lowest BCUT2D eigenvalue weighted by Crippen LogP contribution is -2.44.